The van der Waals surface area contributed by atoms with Crippen molar-refractivity contribution in [2.45, 2.75) is 26.8 Å². The van der Waals surface area contributed by atoms with Gasteiger partial charge in [0.05, 0.1) is 0 Å². The van der Waals surface area contributed by atoms with E-state index in [1.807, 2.05) is 20.0 Å². The normalized spacial score (nSPS) is 13.3. The van der Waals surface area contributed by atoms with Crippen LogP contribution in [-0.4, -0.2) is 7.05 Å². The van der Waals surface area contributed by atoms with Crippen LogP contribution in [-0.2, 0) is 0 Å². The molecule has 0 saturated carbocycles. The summed E-state index contributed by atoms with van der Waals surface area (Å²) in [5.74, 6) is 0.342. The third-order valence-corrected chi connectivity index (χ3v) is 2.54. The first-order valence-electron chi connectivity index (χ1n) is 4.99. The maximum atomic E-state index is 12.9. The summed E-state index contributed by atoms with van der Waals surface area (Å²) in [6, 6.07) is 5.28. The van der Waals surface area contributed by atoms with E-state index in [1.54, 1.807) is 6.07 Å². The van der Waals surface area contributed by atoms with E-state index in [9.17, 15) is 4.39 Å². The molecule has 1 unspecified atom stereocenters. The lowest BCUT2D eigenvalue weighted by atomic mass is 9.93. The highest BCUT2D eigenvalue weighted by atomic mass is 19.1. The van der Waals surface area contributed by atoms with E-state index in [4.69, 9.17) is 0 Å². The minimum atomic E-state index is -0.162. The maximum Gasteiger partial charge on any atom is 0.123 e. The largest absolute Gasteiger partial charge is 0.313 e. The third kappa shape index (κ3) is 2.32. The van der Waals surface area contributed by atoms with Crippen LogP contribution in [0.4, 0.5) is 4.39 Å². The number of hydrogen-bond acceptors (Lipinski definition) is 1. The van der Waals surface area contributed by atoms with Crippen molar-refractivity contribution < 1.29 is 4.39 Å². The first-order valence-corrected chi connectivity index (χ1v) is 4.99. The van der Waals surface area contributed by atoms with Crippen LogP contribution in [0.3, 0.4) is 0 Å². The average molecular weight is 195 g/mol. The zero-order valence-corrected chi connectivity index (χ0v) is 9.26. The van der Waals surface area contributed by atoms with Gasteiger partial charge in [0.15, 0.2) is 0 Å². The van der Waals surface area contributed by atoms with Gasteiger partial charge in [0.25, 0.3) is 0 Å². The Hall–Kier alpha value is -0.890. The van der Waals surface area contributed by atoms with E-state index in [1.165, 1.54) is 11.6 Å². The molecule has 1 aromatic carbocycles. The van der Waals surface area contributed by atoms with Gasteiger partial charge in [-0.2, -0.15) is 0 Å². The van der Waals surface area contributed by atoms with Crippen molar-refractivity contribution in [1.29, 1.82) is 0 Å². The average Bonchev–Trinajstić information content (AvgIpc) is 2.09. The number of benzene rings is 1. The van der Waals surface area contributed by atoms with Crippen LogP contribution < -0.4 is 5.32 Å². The summed E-state index contributed by atoms with van der Waals surface area (Å²) in [6.45, 7) is 6.26. The molecule has 0 heterocycles. The topological polar surface area (TPSA) is 12.0 Å². The Kier molecular flexibility index (Phi) is 3.64. The van der Waals surface area contributed by atoms with Gasteiger partial charge in [0.2, 0.25) is 0 Å². The van der Waals surface area contributed by atoms with Gasteiger partial charge in [0, 0.05) is 6.04 Å². The van der Waals surface area contributed by atoms with E-state index >= 15 is 0 Å². The second-order valence-corrected chi connectivity index (χ2v) is 4.01. The monoisotopic (exact) mass is 195 g/mol. The molecule has 0 amide bonds. The van der Waals surface area contributed by atoms with Gasteiger partial charge in [0.1, 0.15) is 5.82 Å². The molecule has 0 aliphatic carbocycles. The van der Waals surface area contributed by atoms with Gasteiger partial charge in [-0.15, -0.1) is 0 Å². The zero-order valence-electron chi connectivity index (χ0n) is 9.26. The highest BCUT2D eigenvalue weighted by Gasteiger charge is 2.15. The molecule has 0 aromatic heterocycles. The minimum absolute atomic E-state index is 0.162. The number of halogens is 1. The highest BCUT2D eigenvalue weighted by molar-refractivity contribution is 5.29. The van der Waals surface area contributed by atoms with E-state index in [-0.39, 0.29) is 5.82 Å². The summed E-state index contributed by atoms with van der Waals surface area (Å²) in [6.07, 6.45) is 0. The molecule has 0 spiro atoms. The molecular formula is C12H18FN. The molecule has 0 fully saturated rings. The Balaban J connectivity index is 3.04. The fourth-order valence-electron chi connectivity index (χ4n) is 1.84. The van der Waals surface area contributed by atoms with Crippen molar-refractivity contribution in [1.82, 2.24) is 5.32 Å². The Morgan fingerprint density at radius 1 is 1.29 bits per heavy atom. The molecule has 2 heteroatoms. The minimum Gasteiger partial charge on any atom is -0.313 e. The molecular weight excluding hydrogens is 177 g/mol. The molecule has 1 rings (SSSR count). The van der Waals surface area contributed by atoms with Gasteiger partial charge in [-0.1, -0.05) is 19.9 Å². The zero-order chi connectivity index (χ0) is 10.7. The number of rotatable bonds is 3. The van der Waals surface area contributed by atoms with Crippen molar-refractivity contribution in [2.75, 3.05) is 7.05 Å². The summed E-state index contributed by atoms with van der Waals surface area (Å²) in [4.78, 5) is 0. The number of hydrogen-bond donors (Lipinski definition) is 1. The van der Waals surface area contributed by atoms with Gasteiger partial charge in [-0.05, 0) is 43.1 Å². The lowest BCUT2D eigenvalue weighted by Crippen LogP contribution is -2.22. The van der Waals surface area contributed by atoms with E-state index < -0.39 is 0 Å². The predicted octanol–water partition coefficient (Wildman–Crippen LogP) is 3.05. The summed E-state index contributed by atoms with van der Waals surface area (Å²) in [5, 5.41) is 3.26. The summed E-state index contributed by atoms with van der Waals surface area (Å²) in [7, 11) is 1.94. The van der Waals surface area contributed by atoms with Gasteiger partial charge >= 0.3 is 0 Å². The van der Waals surface area contributed by atoms with Crippen LogP contribution in [0, 0.1) is 18.7 Å². The van der Waals surface area contributed by atoms with Gasteiger partial charge < -0.3 is 5.32 Å². The Bertz CT molecular complexity index is 307. The van der Waals surface area contributed by atoms with Crippen LogP contribution >= 0.6 is 0 Å². The van der Waals surface area contributed by atoms with Crippen LogP contribution in [0.15, 0.2) is 18.2 Å². The van der Waals surface area contributed by atoms with E-state index in [0.29, 0.717) is 12.0 Å². The Morgan fingerprint density at radius 3 is 2.36 bits per heavy atom. The van der Waals surface area contributed by atoms with E-state index in [0.717, 1.165) is 5.56 Å². The molecule has 1 nitrogen and oxygen atoms in total. The highest BCUT2D eigenvalue weighted by Crippen LogP contribution is 2.24. The predicted molar refractivity (Wildman–Crippen MR) is 57.8 cm³/mol. The lowest BCUT2D eigenvalue weighted by molar-refractivity contribution is 0.440. The summed E-state index contributed by atoms with van der Waals surface area (Å²) >= 11 is 0. The molecule has 0 bridgehead atoms. The molecule has 78 valence electrons. The number of nitrogens with one attached hydrogen (secondary N) is 1. The molecule has 0 aliphatic heterocycles. The van der Waals surface area contributed by atoms with E-state index in [2.05, 4.69) is 19.2 Å². The van der Waals surface area contributed by atoms with Crippen molar-refractivity contribution in [3.63, 3.8) is 0 Å². The van der Waals surface area contributed by atoms with Gasteiger partial charge in [-0.25, -0.2) is 4.39 Å². The third-order valence-electron chi connectivity index (χ3n) is 2.54. The molecule has 0 saturated heterocycles. The van der Waals surface area contributed by atoms with Crippen molar-refractivity contribution in [3.05, 3.63) is 35.1 Å². The SMILES string of the molecule is CNC(c1ccc(F)cc1C)C(C)C. The summed E-state index contributed by atoms with van der Waals surface area (Å²) < 4.78 is 12.9. The Labute approximate surface area is 85.3 Å². The standard InChI is InChI=1S/C12H18FN/c1-8(2)12(14-4)11-6-5-10(13)7-9(11)3/h5-8,12,14H,1-4H3. The quantitative estimate of drug-likeness (QED) is 0.781. The van der Waals surface area contributed by atoms with Crippen LogP contribution in [0.2, 0.25) is 0 Å². The molecule has 1 aromatic rings. The maximum absolute atomic E-state index is 12.9. The number of aryl methyl sites for hydroxylation is 1. The second kappa shape index (κ2) is 4.56. The first-order chi connectivity index (χ1) is 6.56. The molecule has 14 heavy (non-hydrogen) atoms. The summed E-state index contributed by atoms with van der Waals surface area (Å²) in [5.41, 5.74) is 2.20. The molecule has 1 atom stereocenters. The van der Waals surface area contributed by atoms with Crippen LogP contribution in [0.25, 0.3) is 0 Å². The van der Waals surface area contributed by atoms with Crippen molar-refractivity contribution in [2.24, 2.45) is 5.92 Å². The molecule has 1 N–H and O–H groups in total. The molecule has 0 radical (unpaired) electrons. The lowest BCUT2D eigenvalue weighted by Gasteiger charge is -2.22. The fourth-order valence-corrected chi connectivity index (χ4v) is 1.84. The van der Waals surface area contributed by atoms with Crippen molar-refractivity contribution >= 4 is 0 Å². The van der Waals surface area contributed by atoms with Gasteiger partial charge in [-0.3, -0.25) is 0 Å². The smallest absolute Gasteiger partial charge is 0.123 e. The van der Waals surface area contributed by atoms with Crippen LogP contribution in [0.5, 0.6) is 0 Å². The first kappa shape index (κ1) is 11.2. The fraction of sp³-hybridized carbons (Fsp3) is 0.500. The Morgan fingerprint density at radius 2 is 1.93 bits per heavy atom. The van der Waals surface area contributed by atoms with Crippen molar-refractivity contribution in [3.8, 4) is 0 Å². The molecule has 0 aliphatic rings. The second-order valence-electron chi connectivity index (χ2n) is 4.01. The van der Waals surface area contributed by atoms with Crippen LogP contribution in [0.1, 0.15) is 31.0 Å².